The highest BCUT2D eigenvalue weighted by molar-refractivity contribution is 7.91. The minimum atomic E-state index is -4.71. The maximum absolute atomic E-state index is 14.9. The highest BCUT2D eigenvalue weighted by Crippen LogP contribution is 2.36. The fraction of sp³-hybridized carbons (Fsp3) is 0.400. The number of carbonyl (C=O) groups excluding carboxylic acids is 1. The number of rotatable bonds is 3. The molecule has 3 N–H and O–H groups in total. The van der Waals surface area contributed by atoms with Crippen molar-refractivity contribution in [1.82, 2.24) is 14.3 Å². The molecule has 0 saturated heterocycles. The van der Waals surface area contributed by atoms with E-state index in [-0.39, 0.29) is 23.6 Å². The van der Waals surface area contributed by atoms with E-state index in [1.54, 1.807) is 0 Å². The molecule has 3 rings (SSSR count). The van der Waals surface area contributed by atoms with E-state index < -0.39 is 49.6 Å². The van der Waals surface area contributed by atoms with Crippen molar-refractivity contribution in [1.29, 1.82) is 0 Å². The molecular weight excluding hydrogens is 480 g/mol. The van der Waals surface area contributed by atoms with Crippen LogP contribution in [0.3, 0.4) is 0 Å². The summed E-state index contributed by atoms with van der Waals surface area (Å²) in [6.45, 7) is 4.04. The number of carbonyl (C=O) groups is 1. The molecule has 0 aliphatic carbocycles. The lowest BCUT2D eigenvalue weighted by Gasteiger charge is -2.29. The van der Waals surface area contributed by atoms with Gasteiger partial charge in [-0.15, -0.1) is 0 Å². The maximum atomic E-state index is 14.9. The summed E-state index contributed by atoms with van der Waals surface area (Å²) in [5, 5.41) is 2.41. The van der Waals surface area contributed by atoms with E-state index in [1.165, 1.54) is 40.0 Å². The van der Waals surface area contributed by atoms with Crippen LogP contribution in [0.5, 0.6) is 0 Å². The van der Waals surface area contributed by atoms with Crippen molar-refractivity contribution >= 4 is 27.5 Å². The Kier molecular flexibility index (Phi) is 6.20. The topological polar surface area (TPSA) is 131 Å². The van der Waals surface area contributed by atoms with Crippen LogP contribution in [0.4, 0.5) is 23.2 Å². The first-order valence-corrected chi connectivity index (χ1v) is 11.3. The van der Waals surface area contributed by atoms with E-state index >= 15 is 0 Å². The Bertz CT molecular complexity index is 1260. The molecule has 1 aliphatic rings. The number of amides is 1. The standard InChI is InChI=1S/C20H22F4N6O3S/c1-18(2)17(25)29-19(3,10-30(4)34(18,32)33)12-7-11(5-6-13(12)21)28-16(31)14-8-27-15(9-26-14)20(22,23)24/h5-9H,10H2,1-4H3,(H2,25,29)(H,28,31). The van der Waals surface area contributed by atoms with Gasteiger partial charge in [0.2, 0.25) is 10.0 Å². The SMILES string of the molecule is CN1CC(C)(c2cc(NC(=O)c3cnc(C(F)(F)F)cn3)ccc2F)N=C(N)C(C)(C)S1(=O)=O. The number of nitrogens with one attached hydrogen (secondary N) is 1. The predicted octanol–water partition coefficient (Wildman–Crippen LogP) is 2.51. The van der Waals surface area contributed by atoms with E-state index in [4.69, 9.17) is 5.73 Å². The highest BCUT2D eigenvalue weighted by Gasteiger charge is 2.48. The third-order valence-corrected chi connectivity index (χ3v) is 8.00. The van der Waals surface area contributed by atoms with E-state index in [9.17, 15) is 30.8 Å². The number of nitrogens with two attached hydrogens (primary N) is 1. The van der Waals surface area contributed by atoms with Crippen LogP contribution in [0, 0.1) is 5.82 Å². The minimum Gasteiger partial charge on any atom is -0.386 e. The molecule has 0 fully saturated rings. The molecule has 34 heavy (non-hydrogen) atoms. The lowest BCUT2D eigenvalue weighted by molar-refractivity contribution is -0.141. The van der Waals surface area contributed by atoms with E-state index in [1.807, 2.05) is 0 Å². The molecule has 2 heterocycles. The van der Waals surface area contributed by atoms with Gasteiger partial charge in [0.05, 0.1) is 12.4 Å². The highest BCUT2D eigenvalue weighted by atomic mass is 32.2. The Morgan fingerprint density at radius 2 is 1.82 bits per heavy atom. The Labute approximate surface area is 193 Å². The zero-order valence-corrected chi connectivity index (χ0v) is 19.4. The molecule has 2 aromatic rings. The monoisotopic (exact) mass is 502 g/mol. The van der Waals surface area contributed by atoms with Gasteiger partial charge in [0, 0.05) is 24.8 Å². The van der Waals surface area contributed by atoms with Crippen molar-refractivity contribution < 1.29 is 30.8 Å². The van der Waals surface area contributed by atoms with Crippen LogP contribution >= 0.6 is 0 Å². The molecule has 1 atom stereocenters. The van der Waals surface area contributed by atoms with Gasteiger partial charge in [-0.3, -0.25) is 9.79 Å². The van der Waals surface area contributed by atoms with E-state index in [0.29, 0.717) is 12.4 Å². The number of benzene rings is 1. The van der Waals surface area contributed by atoms with Crippen molar-refractivity contribution in [2.75, 3.05) is 18.9 Å². The van der Waals surface area contributed by atoms with Crippen molar-refractivity contribution in [3.8, 4) is 0 Å². The average Bonchev–Trinajstić information content (AvgIpc) is 2.77. The molecule has 0 spiro atoms. The molecule has 0 bridgehead atoms. The molecule has 9 nitrogen and oxygen atoms in total. The summed E-state index contributed by atoms with van der Waals surface area (Å²) >= 11 is 0. The summed E-state index contributed by atoms with van der Waals surface area (Å²) < 4.78 is 78.0. The molecule has 0 radical (unpaired) electrons. The molecule has 1 aliphatic heterocycles. The number of amidine groups is 1. The lowest BCUT2D eigenvalue weighted by atomic mass is 9.91. The number of alkyl halides is 3. The van der Waals surface area contributed by atoms with Gasteiger partial charge < -0.3 is 11.1 Å². The predicted molar refractivity (Wildman–Crippen MR) is 116 cm³/mol. The fourth-order valence-electron chi connectivity index (χ4n) is 3.42. The summed E-state index contributed by atoms with van der Waals surface area (Å²) in [5.41, 5.74) is 2.94. The van der Waals surface area contributed by atoms with Gasteiger partial charge in [0.1, 0.15) is 27.6 Å². The lowest BCUT2D eigenvalue weighted by Crippen LogP contribution is -2.50. The number of anilines is 1. The van der Waals surface area contributed by atoms with Gasteiger partial charge >= 0.3 is 6.18 Å². The molecular formula is C20H22F4N6O3S. The molecule has 1 amide bonds. The Morgan fingerprint density at radius 3 is 2.38 bits per heavy atom. The largest absolute Gasteiger partial charge is 0.434 e. The molecule has 1 aromatic carbocycles. The number of likely N-dealkylation sites (N-methyl/N-ethyl adjacent to an activating group) is 1. The van der Waals surface area contributed by atoms with Crippen LogP contribution in [0.15, 0.2) is 35.6 Å². The number of halogens is 4. The average molecular weight is 502 g/mol. The van der Waals surface area contributed by atoms with Gasteiger partial charge in [-0.05, 0) is 39.0 Å². The molecule has 0 saturated carbocycles. The summed E-state index contributed by atoms with van der Waals surface area (Å²) in [4.78, 5) is 23.4. The first kappa shape index (κ1) is 25.5. The van der Waals surface area contributed by atoms with Crippen molar-refractivity contribution in [3.63, 3.8) is 0 Å². The number of aromatic nitrogens is 2. The third kappa shape index (κ3) is 4.46. The normalized spacial score (nSPS) is 22.5. The van der Waals surface area contributed by atoms with Crippen LogP contribution in [-0.2, 0) is 21.7 Å². The zero-order valence-electron chi connectivity index (χ0n) is 18.6. The van der Waals surface area contributed by atoms with Gasteiger partial charge in [-0.25, -0.2) is 27.1 Å². The molecule has 1 unspecified atom stereocenters. The van der Waals surface area contributed by atoms with E-state index in [2.05, 4.69) is 20.3 Å². The summed E-state index contributed by atoms with van der Waals surface area (Å²) in [5.74, 6) is -1.82. The fourth-order valence-corrected chi connectivity index (χ4v) is 4.93. The first-order chi connectivity index (χ1) is 15.5. The summed E-state index contributed by atoms with van der Waals surface area (Å²) in [7, 11) is -2.58. The number of hydrogen-bond acceptors (Lipinski definition) is 7. The van der Waals surface area contributed by atoms with Crippen LogP contribution in [0.1, 0.15) is 42.5 Å². The number of aliphatic imine (C=N–C) groups is 1. The summed E-state index contributed by atoms with van der Waals surface area (Å²) in [6, 6.07) is 3.52. The van der Waals surface area contributed by atoms with Crippen LogP contribution < -0.4 is 11.1 Å². The second kappa shape index (κ2) is 8.27. The van der Waals surface area contributed by atoms with Gasteiger partial charge in [-0.2, -0.15) is 13.2 Å². The Balaban J connectivity index is 1.96. The van der Waals surface area contributed by atoms with E-state index in [0.717, 1.165) is 10.4 Å². The van der Waals surface area contributed by atoms with Gasteiger partial charge in [-0.1, -0.05) is 0 Å². The maximum Gasteiger partial charge on any atom is 0.434 e. The van der Waals surface area contributed by atoms with Crippen molar-refractivity contribution in [3.05, 3.63) is 53.4 Å². The molecule has 14 heteroatoms. The van der Waals surface area contributed by atoms with Crippen LogP contribution in [0.25, 0.3) is 0 Å². The van der Waals surface area contributed by atoms with Crippen molar-refractivity contribution in [2.45, 2.75) is 37.2 Å². The Hall–Kier alpha value is -3.13. The first-order valence-electron chi connectivity index (χ1n) is 9.81. The van der Waals surface area contributed by atoms with Crippen LogP contribution in [-0.4, -0.2) is 52.8 Å². The minimum absolute atomic E-state index is 0.0495. The summed E-state index contributed by atoms with van der Waals surface area (Å²) in [6.07, 6.45) is -3.62. The zero-order chi connectivity index (χ0) is 25.7. The second-order valence-corrected chi connectivity index (χ2v) is 11.1. The Morgan fingerprint density at radius 1 is 1.18 bits per heavy atom. The number of hydrogen-bond donors (Lipinski definition) is 2. The smallest absolute Gasteiger partial charge is 0.386 e. The second-order valence-electron chi connectivity index (χ2n) is 8.48. The molecule has 184 valence electrons. The van der Waals surface area contributed by atoms with Gasteiger partial charge in [0.25, 0.3) is 5.91 Å². The number of nitrogens with zero attached hydrogens (tertiary/aromatic N) is 4. The number of sulfonamides is 1. The van der Waals surface area contributed by atoms with Crippen molar-refractivity contribution in [2.24, 2.45) is 10.7 Å². The molecule has 1 aromatic heterocycles. The van der Waals surface area contributed by atoms with Crippen LogP contribution in [0.2, 0.25) is 0 Å². The third-order valence-electron chi connectivity index (χ3n) is 5.55. The van der Waals surface area contributed by atoms with Gasteiger partial charge in [0.15, 0.2) is 5.69 Å². The quantitative estimate of drug-likeness (QED) is 0.621.